The van der Waals surface area contributed by atoms with E-state index >= 15 is 0 Å². The number of aryl methyl sites for hydroxylation is 2. The standard InChI is InChI=1S/C21H28N2O4S/c1-14-12-17(15(2)28-14)21(24)23-10-8-22(9-11-23)13-16-6-7-18(25-3)20(27-5)19(16)26-4/h6-7,12H,8-11,13H2,1-5H3. The first-order valence-electron chi connectivity index (χ1n) is 9.35. The number of piperazine rings is 1. The third kappa shape index (κ3) is 4.10. The molecule has 0 spiro atoms. The lowest BCUT2D eigenvalue weighted by Crippen LogP contribution is -2.48. The number of benzene rings is 1. The predicted molar refractivity (Wildman–Crippen MR) is 111 cm³/mol. The molecule has 2 heterocycles. The number of nitrogens with zero attached hydrogens (tertiary/aromatic N) is 2. The van der Waals surface area contributed by atoms with Gasteiger partial charge in [0, 0.05) is 48.0 Å². The summed E-state index contributed by atoms with van der Waals surface area (Å²) in [6.45, 7) is 7.90. The molecule has 1 aliphatic rings. The van der Waals surface area contributed by atoms with Gasteiger partial charge in [-0.05, 0) is 26.0 Å². The van der Waals surface area contributed by atoms with Gasteiger partial charge in [0.1, 0.15) is 0 Å². The van der Waals surface area contributed by atoms with Crippen molar-refractivity contribution < 1.29 is 19.0 Å². The largest absolute Gasteiger partial charge is 0.493 e. The minimum atomic E-state index is 0.144. The number of thiophene rings is 1. The van der Waals surface area contributed by atoms with Crippen LogP contribution in [-0.4, -0.2) is 63.2 Å². The maximum Gasteiger partial charge on any atom is 0.255 e. The van der Waals surface area contributed by atoms with Gasteiger partial charge < -0.3 is 19.1 Å². The summed E-state index contributed by atoms with van der Waals surface area (Å²) in [7, 11) is 4.87. The summed E-state index contributed by atoms with van der Waals surface area (Å²) < 4.78 is 16.4. The number of hydrogen-bond donors (Lipinski definition) is 0. The van der Waals surface area contributed by atoms with E-state index in [2.05, 4.69) is 4.90 Å². The van der Waals surface area contributed by atoms with Crippen LogP contribution in [0, 0.1) is 13.8 Å². The molecule has 152 valence electrons. The molecule has 0 radical (unpaired) electrons. The number of hydrogen-bond acceptors (Lipinski definition) is 6. The Morgan fingerprint density at radius 3 is 2.21 bits per heavy atom. The lowest BCUT2D eigenvalue weighted by atomic mass is 10.1. The Morgan fingerprint density at radius 2 is 1.68 bits per heavy atom. The lowest BCUT2D eigenvalue weighted by Gasteiger charge is -2.35. The quantitative estimate of drug-likeness (QED) is 0.739. The molecular formula is C21H28N2O4S. The number of amides is 1. The minimum absolute atomic E-state index is 0.144. The van der Waals surface area contributed by atoms with Crippen molar-refractivity contribution >= 4 is 17.2 Å². The third-order valence-corrected chi connectivity index (χ3v) is 6.08. The summed E-state index contributed by atoms with van der Waals surface area (Å²) in [6.07, 6.45) is 0. The SMILES string of the molecule is COc1ccc(CN2CCN(C(=O)c3cc(C)sc3C)CC2)c(OC)c1OC. The Bertz CT molecular complexity index is 841. The van der Waals surface area contributed by atoms with E-state index in [1.165, 1.54) is 4.88 Å². The summed E-state index contributed by atoms with van der Waals surface area (Å²) in [6, 6.07) is 5.91. The van der Waals surface area contributed by atoms with E-state index in [1.54, 1.807) is 32.7 Å². The molecule has 1 saturated heterocycles. The average Bonchev–Trinajstić information content (AvgIpc) is 3.05. The number of carbonyl (C=O) groups excluding carboxylic acids is 1. The van der Waals surface area contributed by atoms with Crippen molar-refractivity contribution in [1.29, 1.82) is 0 Å². The molecule has 0 bridgehead atoms. The van der Waals surface area contributed by atoms with Crippen molar-refractivity contribution in [3.63, 3.8) is 0 Å². The van der Waals surface area contributed by atoms with E-state index in [0.29, 0.717) is 17.2 Å². The monoisotopic (exact) mass is 404 g/mol. The van der Waals surface area contributed by atoms with Crippen molar-refractivity contribution in [3.05, 3.63) is 39.1 Å². The van der Waals surface area contributed by atoms with Crippen LogP contribution < -0.4 is 14.2 Å². The summed E-state index contributed by atoms with van der Waals surface area (Å²) in [5, 5.41) is 0. The minimum Gasteiger partial charge on any atom is -0.493 e. The molecule has 1 aliphatic heterocycles. The van der Waals surface area contributed by atoms with Crippen molar-refractivity contribution in [2.24, 2.45) is 0 Å². The van der Waals surface area contributed by atoms with E-state index in [4.69, 9.17) is 14.2 Å². The zero-order valence-electron chi connectivity index (χ0n) is 17.2. The highest BCUT2D eigenvalue weighted by Crippen LogP contribution is 2.40. The Kier molecular flexibility index (Phi) is 6.46. The molecular weight excluding hydrogens is 376 g/mol. The van der Waals surface area contributed by atoms with Crippen LogP contribution in [0.3, 0.4) is 0 Å². The summed E-state index contributed by atoms with van der Waals surface area (Å²) in [4.78, 5) is 19.4. The predicted octanol–water partition coefficient (Wildman–Crippen LogP) is 3.35. The molecule has 1 fully saturated rings. The second kappa shape index (κ2) is 8.84. The van der Waals surface area contributed by atoms with Crippen LogP contribution in [0.2, 0.25) is 0 Å². The Hall–Kier alpha value is -2.25. The van der Waals surface area contributed by atoms with Crippen LogP contribution in [0.25, 0.3) is 0 Å². The smallest absolute Gasteiger partial charge is 0.255 e. The van der Waals surface area contributed by atoms with E-state index in [9.17, 15) is 4.79 Å². The molecule has 1 aromatic heterocycles. The fourth-order valence-electron chi connectivity index (χ4n) is 3.65. The van der Waals surface area contributed by atoms with Gasteiger partial charge in [0.15, 0.2) is 11.5 Å². The van der Waals surface area contributed by atoms with Gasteiger partial charge in [-0.3, -0.25) is 9.69 Å². The second-order valence-corrected chi connectivity index (χ2v) is 8.35. The van der Waals surface area contributed by atoms with Gasteiger partial charge in [0.25, 0.3) is 5.91 Å². The highest BCUT2D eigenvalue weighted by atomic mass is 32.1. The van der Waals surface area contributed by atoms with Gasteiger partial charge in [-0.15, -0.1) is 11.3 Å². The number of carbonyl (C=O) groups is 1. The normalized spacial score (nSPS) is 14.8. The fraction of sp³-hybridized carbons (Fsp3) is 0.476. The molecule has 0 atom stereocenters. The van der Waals surface area contributed by atoms with E-state index in [-0.39, 0.29) is 5.91 Å². The molecule has 6 nitrogen and oxygen atoms in total. The molecule has 0 saturated carbocycles. The van der Waals surface area contributed by atoms with E-state index in [1.807, 2.05) is 36.9 Å². The lowest BCUT2D eigenvalue weighted by molar-refractivity contribution is 0.0627. The maximum atomic E-state index is 12.8. The van der Waals surface area contributed by atoms with E-state index in [0.717, 1.165) is 48.7 Å². The van der Waals surface area contributed by atoms with Crippen molar-refractivity contribution in [3.8, 4) is 17.2 Å². The zero-order chi connectivity index (χ0) is 20.3. The van der Waals surface area contributed by atoms with Gasteiger partial charge in [-0.25, -0.2) is 0 Å². The van der Waals surface area contributed by atoms with Crippen LogP contribution in [0.15, 0.2) is 18.2 Å². The van der Waals surface area contributed by atoms with Gasteiger partial charge in [-0.1, -0.05) is 6.07 Å². The summed E-state index contributed by atoms with van der Waals surface area (Å²) in [5.74, 6) is 2.11. The molecule has 0 unspecified atom stereocenters. The number of ether oxygens (including phenoxy) is 3. The highest BCUT2D eigenvalue weighted by molar-refractivity contribution is 7.12. The van der Waals surface area contributed by atoms with Crippen molar-refractivity contribution in [2.45, 2.75) is 20.4 Å². The Balaban J connectivity index is 1.66. The fourth-order valence-corrected chi connectivity index (χ4v) is 4.57. The van der Waals surface area contributed by atoms with E-state index < -0.39 is 0 Å². The van der Waals surface area contributed by atoms with Crippen LogP contribution in [0.1, 0.15) is 25.7 Å². The first kappa shape index (κ1) is 20.5. The van der Waals surface area contributed by atoms with Crippen LogP contribution in [0.4, 0.5) is 0 Å². The van der Waals surface area contributed by atoms with Gasteiger partial charge in [0.05, 0.1) is 26.9 Å². The van der Waals surface area contributed by atoms with Gasteiger partial charge >= 0.3 is 0 Å². The number of methoxy groups -OCH3 is 3. The Morgan fingerprint density at radius 1 is 1.00 bits per heavy atom. The molecule has 0 N–H and O–H groups in total. The van der Waals surface area contributed by atoms with Crippen LogP contribution in [0.5, 0.6) is 17.2 Å². The first-order valence-corrected chi connectivity index (χ1v) is 10.2. The molecule has 3 rings (SSSR count). The Labute approximate surface area is 170 Å². The van der Waals surface area contributed by atoms with Crippen LogP contribution in [-0.2, 0) is 6.54 Å². The summed E-state index contributed by atoms with van der Waals surface area (Å²) in [5.41, 5.74) is 1.89. The summed E-state index contributed by atoms with van der Waals surface area (Å²) >= 11 is 1.68. The van der Waals surface area contributed by atoms with Gasteiger partial charge in [-0.2, -0.15) is 0 Å². The third-order valence-electron chi connectivity index (χ3n) is 5.11. The average molecular weight is 405 g/mol. The number of rotatable bonds is 6. The van der Waals surface area contributed by atoms with Crippen molar-refractivity contribution in [1.82, 2.24) is 9.80 Å². The zero-order valence-corrected chi connectivity index (χ0v) is 18.0. The van der Waals surface area contributed by atoms with Crippen molar-refractivity contribution in [2.75, 3.05) is 47.5 Å². The topological polar surface area (TPSA) is 51.2 Å². The molecule has 1 aromatic carbocycles. The molecule has 28 heavy (non-hydrogen) atoms. The maximum absolute atomic E-state index is 12.8. The molecule has 7 heteroatoms. The molecule has 2 aromatic rings. The first-order chi connectivity index (χ1) is 13.5. The molecule has 0 aliphatic carbocycles. The van der Waals surface area contributed by atoms with Gasteiger partial charge in [0.2, 0.25) is 5.75 Å². The molecule has 1 amide bonds. The highest BCUT2D eigenvalue weighted by Gasteiger charge is 2.25. The van der Waals surface area contributed by atoms with Crippen LogP contribution >= 0.6 is 11.3 Å². The second-order valence-electron chi connectivity index (χ2n) is 6.89.